The Kier molecular flexibility index (Phi) is 7.41. The minimum Gasteiger partial charge on any atom is -0.464 e. The van der Waals surface area contributed by atoms with Gasteiger partial charge in [-0.3, -0.25) is 9.69 Å². The molecule has 1 fully saturated rings. The Balaban J connectivity index is 1.44. The summed E-state index contributed by atoms with van der Waals surface area (Å²) in [6, 6.07) is 19.3. The molecule has 0 spiro atoms. The van der Waals surface area contributed by atoms with Crippen molar-refractivity contribution in [2.45, 2.75) is 51.5 Å². The first-order valence-corrected chi connectivity index (χ1v) is 11.5. The number of benzene rings is 2. The molecule has 1 saturated carbocycles. The highest BCUT2D eigenvalue weighted by Gasteiger charge is 2.33. The Hall–Kier alpha value is -3.06. The zero-order valence-electron chi connectivity index (χ0n) is 19.2. The van der Waals surface area contributed by atoms with E-state index < -0.39 is 11.7 Å². The second-order valence-electron chi connectivity index (χ2n) is 8.89. The van der Waals surface area contributed by atoms with E-state index in [4.69, 9.17) is 4.42 Å². The largest absolute Gasteiger partial charge is 0.464 e. The van der Waals surface area contributed by atoms with Gasteiger partial charge in [0.2, 0.25) is 5.91 Å². The number of aryl methyl sites for hydroxylation is 1. The minimum atomic E-state index is -4.35. The molecule has 1 aliphatic rings. The van der Waals surface area contributed by atoms with Crippen LogP contribution in [0.2, 0.25) is 0 Å². The van der Waals surface area contributed by atoms with Gasteiger partial charge >= 0.3 is 6.18 Å². The van der Waals surface area contributed by atoms with Gasteiger partial charge in [0.1, 0.15) is 11.5 Å². The van der Waals surface area contributed by atoms with Crippen LogP contribution >= 0.6 is 0 Å². The van der Waals surface area contributed by atoms with E-state index in [2.05, 4.69) is 4.90 Å². The topological polar surface area (TPSA) is 36.7 Å². The number of carbonyl (C=O) groups excluding carboxylic acids is 1. The Bertz CT molecular complexity index is 1070. The molecule has 4 nitrogen and oxygen atoms in total. The second-order valence-corrected chi connectivity index (χ2v) is 8.89. The van der Waals surface area contributed by atoms with E-state index >= 15 is 0 Å². The number of carbonyl (C=O) groups is 1. The Morgan fingerprint density at radius 3 is 2.24 bits per heavy atom. The lowest BCUT2D eigenvalue weighted by Crippen LogP contribution is -2.41. The lowest BCUT2D eigenvalue weighted by molar-refractivity contribution is -0.137. The molecule has 3 aromatic rings. The molecule has 4 rings (SSSR count). The Morgan fingerprint density at radius 2 is 1.65 bits per heavy atom. The summed E-state index contributed by atoms with van der Waals surface area (Å²) in [5.74, 6) is 1.52. The molecule has 34 heavy (non-hydrogen) atoms. The van der Waals surface area contributed by atoms with Crippen molar-refractivity contribution >= 4 is 5.91 Å². The van der Waals surface area contributed by atoms with Gasteiger partial charge in [-0.2, -0.15) is 13.2 Å². The van der Waals surface area contributed by atoms with Crippen LogP contribution in [-0.4, -0.2) is 34.8 Å². The van der Waals surface area contributed by atoms with Crippen molar-refractivity contribution in [1.82, 2.24) is 9.80 Å². The van der Waals surface area contributed by atoms with Crippen molar-refractivity contribution in [2.75, 3.05) is 13.1 Å². The third kappa shape index (κ3) is 6.73. The van der Waals surface area contributed by atoms with Gasteiger partial charge in [0.15, 0.2) is 0 Å². The fraction of sp³-hybridized carbons (Fsp3) is 0.370. The molecule has 0 atom stereocenters. The summed E-state index contributed by atoms with van der Waals surface area (Å²) in [5, 5.41) is 0. The van der Waals surface area contributed by atoms with Crippen LogP contribution in [0.5, 0.6) is 0 Å². The Morgan fingerprint density at radius 1 is 0.941 bits per heavy atom. The number of hydrogen-bond donors (Lipinski definition) is 0. The first-order valence-electron chi connectivity index (χ1n) is 11.5. The third-order valence-corrected chi connectivity index (χ3v) is 6.08. The first kappa shape index (κ1) is 24.1. The van der Waals surface area contributed by atoms with Crippen LogP contribution in [0.4, 0.5) is 13.2 Å². The van der Waals surface area contributed by atoms with Crippen LogP contribution in [0.15, 0.2) is 71.1 Å². The average molecular weight is 471 g/mol. The molecule has 0 bridgehead atoms. The van der Waals surface area contributed by atoms with Crippen molar-refractivity contribution in [1.29, 1.82) is 0 Å². The number of halogens is 3. The number of hydrogen-bond acceptors (Lipinski definition) is 3. The van der Waals surface area contributed by atoms with Crippen molar-refractivity contribution in [3.8, 4) is 0 Å². The van der Waals surface area contributed by atoms with Crippen LogP contribution in [0.3, 0.4) is 0 Å². The molecular formula is C27H29F3N2O2. The maximum absolute atomic E-state index is 13.4. The Labute approximate surface area is 198 Å². The molecule has 1 amide bonds. The summed E-state index contributed by atoms with van der Waals surface area (Å²) in [5.41, 5.74) is 1.26. The van der Waals surface area contributed by atoms with Crippen molar-refractivity contribution in [3.63, 3.8) is 0 Å². The molecule has 1 aliphatic carbocycles. The maximum atomic E-state index is 13.4. The predicted octanol–water partition coefficient (Wildman–Crippen LogP) is 5.84. The molecule has 0 radical (unpaired) electrons. The van der Waals surface area contributed by atoms with E-state index in [-0.39, 0.29) is 18.5 Å². The summed E-state index contributed by atoms with van der Waals surface area (Å²) in [6.07, 6.45) is -1.63. The van der Waals surface area contributed by atoms with Gasteiger partial charge in [0.25, 0.3) is 0 Å². The van der Waals surface area contributed by atoms with Gasteiger partial charge in [-0.15, -0.1) is 0 Å². The number of rotatable bonds is 10. The molecule has 7 heteroatoms. The number of amides is 1. The van der Waals surface area contributed by atoms with E-state index in [9.17, 15) is 18.0 Å². The SMILES string of the molecule is Cc1ccc(CN(CCc2ccccc2)C(=O)CN(Cc2ccc(C(F)(F)F)cc2)C2CC2)o1. The lowest BCUT2D eigenvalue weighted by atomic mass is 10.1. The van der Waals surface area contributed by atoms with E-state index in [1.54, 1.807) is 0 Å². The summed E-state index contributed by atoms with van der Waals surface area (Å²) < 4.78 is 44.4. The molecule has 0 unspecified atom stereocenters. The number of alkyl halides is 3. The molecule has 180 valence electrons. The van der Waals surface area contributed by atoms with Gasteiger partial charge in [0, 0.05) is 19.1 Å². The lowest BCUT2D eigenvalue weighted by Gasteiger charge is -2.27. The van der Waals surface area contributed by atoms with Crippen molar-refractivity contribution in [3.05, 3.63) is 94.9 Å². The van der Waals surface area contributed by atoms with E-state index in [1.165, 1.54) is 12.1 Å². The molecule has 0 N–H and O–H groups in total. The van der Waals surface area contributed by atoms with E-state index in [0.29, 0.717) is 19.6 Å². The summed E-state index contributed by atoms with van der Waals surface area (Å²) in [4.78, 5) is 17.3. The molecule has 0 aliphatic heterocycles. The molecule has 0 saturated heterocycles. The standard InChI is InChI=1S/C27H29F3N2O2/c1-20-7-14-25(34-20)18-31(16-15-21-5-3-2-4-6-21)26(33)19-32(24-12-13-24)17-22-8-10-23(11-9-22)27(28,29)30/h2-11,14,24H,12-13,15-19H2,1H3. The van der Waals surface area contributed by atoms with Gasteiger partial charge < -0.3 is 9.32 Å². The van der Waals surface area contributed by atoms with Gasteiger partial charge in [-0.05, 0) is 61.6 Å². The van der Waals surface area contributed by atoms with Crippen LogP contribution in [-0.2, 0) is 30.5 Å². The molecule has 1 aromatic heterocycles. The zero-order chi connectivity index (χ0) is 24.1. The highest BCUT2D eigenvalue weighted by atomic mass is 19.4. The fourth-order valence-corrected chi connectivity index (χ4v) is 4.02. The highest BCUT2D eigenvalue weighted by molar-refractivity contribution is 5.78. The van der Waals surface area contributed by atoms with Crippen LogP contribution in [0.25, 0.3) is 0 Å². The van der Waals surface area contributed by atoms with Crippen LogP contribution in [0.1, 0.15) is 41.1 Å². The smallest absolute Gasteiger partial charge is 0.416 e. The monoisotopic (exact) mass is 470 g/mol. The summed E-state index contributed by atoms with van der Waals surface area (Å²) >= 11 is 0. The third-order valence-electron chi connectivity index (χ3n) is 6.08. The summed E-state index contributed by atoms with van der Waals surface area (Å²) in [6.45, 7) is 3.49. The van der Waals surface area contributed by atoms with Gasteiger partial charge in [-0.1, -0.05) is 42.5 Å². The quantitative estimate of drug-likeness (QED) is 0.373. The summed E-state index contributed by atoms with van der Waals surface area (Å²) in [7, 11) is 0. The van der Waals surface area contributed by atoms with Gasteiger partial charge in [0.05, 0.1) is 18.7 Å². The van der Waals surface area contributed by atoms with Crippen molar-refractivity contribution in [2.24, 2.45) is 0 Å². The number of nitrogens with zero attached hydrogens (tertiary/aromatic N) is 2. The van der Waals surface area contributed by atoms with Crippen LogP contribution in [0, 0.1) is 6.92 Å². The predicted molar refractivity (Wildman–Crippen MR) is 124 cm³/mol. The first-order chi connectivity index (χ1) is 16.3. The number of furan rings is 1. The van der Waals surface area contributed by atoms with Crippen molar-refractivity contribution < 1.29 is 22.4 Å². The maximum Gasteiger partial charge on any atom is 0.416 e. The minimum absolute atomic E-state index is 0.0104. The molecular weight excluding hydrogens is 441 g/mol. The van der Waals surface area contributed by atoms with E-state index in [0.717, 1.165) is 54.0 Å². The highest BCUT2D eigenvalue weighted by Crippen LogP contribution is 2.31. The average Bonchev–Trinajstić information content (AvgIpc) is 3.58. The second kappa shape index (κ2) is 10.5. The normalized spacial score (nSPS) is 13.9. The van der Waals surface area contributed by atoms with Gasteiger partial charge in [-0.25, -0.2) is 0 Å². The molecule has 1 heterocycles. The van der Waals surface area contributed by atoms with Crippen LogP contribution < -0.4 is 0 Å². The zero-order valence-corrected chi connectivity index (χ0v) is 19.2. The molecule has 2 aromatic carbocycles. The van der Waals surface area contributed by atoms with E-state index in [1.807, 2.05) is 54.3 Å². The fourth-order valence-electron chi connectivity index (χ4n) is 4.02.